The van der Waals surface area contributed by atoms with Crippen molar-refractivity contribution in [3.63, 3.8) is 0 Å². The summed E-state index contributed by atoms with van der Waals surface area (Å²) in [4.78, 5) is 36.1. The van der Waals surface area contributed by atoms with E-state index in [0.717, 1.165) is 11.3 Å². The third kappa shape index (κ3) is 6.48. The highest BCUT2D eigenvalue weighted by atomic mass is 35.5. The van der Waals surface area contributed by atoms with Gasteiger partial charge in [0.05, 0.1) is 32.0 Å². The first-order valence-electron chi connectivity index (χ1n) is 14.3. The van der Waals surface area contributed by atoms with Crippen molar-refractivity contribution in [2.75, 3.05) is 26.2 Å². The van der Waals surface area contributed by atoms with Crippen LogP contribution in [0.3, 0.4) is 0 Å². The third-order valence-electron chi connectivity index (χ3n) is 7.69. The van der Waals surface area contributed by atoms with Crippen molar-refractivity contribution < 1.29 is 4.79 Å². The number of halogens is 2. The fraction of sp³-hybridized carbons (Fsp3) is 0.143. The summed E-state index contributed by atoms with van der Waals surface area (Å²) in [6.07, 6.45) is 3.28. The van der Waals surface area contributed by atoms with Gasteiger partial charge in [0.15, 0.2) is 5.57 Å². The van der Waals surface area contributed by atoms with Crippen molar-refractivity contribution in [3.8, 4) is 11.8 Å². The van der Waals surface area contributed by atoms with Crippen LogP contribution in [-0.2, 0) is 4.79 Å². The summed E-state index contributed by atoms with van der Waals surface area (Å²) in [5.41, 5.74) is 2.83. The molecule has 0 bridgehead atoms. The smallest absolute Gasteiger partial charge is 0.273 e. The van der Waals surface area contributed by atoms with Gasteiger partial charge in [0, 0.05) is 32.4 Å². The fourth-order valence-electron chi connectivity index (χ4n) is 5.52. The largest absolute Gasteiger partial charge is 0.335 e. The van der Waals surface area contributed by atoms with E-state index in [4.69, 9.17) is 23.2 Å². The van der Waals surface area contributed by atoms with Crippen molar-refractivity contribution in [3.05, 3.63) is 150 Å². The fourth-order valence-corrected chi connectivity index (χ4v) is 6.89. The molecule has 7 nitrogen and oxygen atoms in total. The molecule has 1 saturated heterocycles. The second kappa shape index (κ2) is 13.6. The maximum absolute atomic E-state index is 14.0. The highest BCUT2D eigenvalue weighted by Gasteiger charge is 2.30. The molecule has 1 aliphatic rings. The first-order chi connectivity index (χ1) is 21.9. The van der Waals surface area contributed by atoms with Crippen molar-refractivity contribution in [1.29, 1.82) is 5.26 Å². The lowest BCUT2D eigenvalue weighted by atomic mass is 9.96. The van der Waals surface area contributed by atoms with Gasteiger partial charge in [-0.15, -0.1) is 11.3 Å². The van der Waals surface area contributed by atoms with Gasteiger partial charge in [-0.1, -0.05) is 89.9 Å². The zero-order valence-corrected chi connectivity index (χ0v) is 26.3. The minimum absolute atomic E-state index is 0.0332. The van der Waals surface area contributed by atoms with Crippen molar-refractivity contribution >= 4 is 52.1 Å². The van der Waals surface area contributed by atoms with E-state index in [-0.39, 0.29) is 21.3 Å². The zero-order chi connectivity index (χ0) is 31.3. The van der Waals surface area contributed by atoms with Crippen LogP contribution in [0.2, 0.25) is 10.0 Å². The molecule has 0 aliphatic carbocycles. The minimum atomic E-state index is -0.424. The number of benzene rings is 3. The summed E-state index contributed by atoms with van der Waals surface area (Å²) in [7, 11) is 0. The number of amides is 1. The Morgan fingerprint density at radius 3 is 2.09 bits per heavy atom. The van der Waals surface area contributed by atoms with Crippen LogP contribution >= 0.6 is 34.5 Å². The normalized spacial score (nSPS) is 14.8. The van der Waals surface area contributed by atoms with Crippen LogP contribution in [0.25, 0.3) is 17.3 Å². The lowest BCUT2D eigenvalue weighted by Gasteiger charge is -2.39. The lowest BCUT2D eigenvalue weighted by Crippen LogP contribution is -2.50. The zero-order valence-electron chi connectivity index (χ0n) is 24.0. The molecule has 0 N–H and O–H groups in total. The van der Waals surface area contributed by atoms with Crippen LogP contribution in [0.5, 0.6) is 0 Å². The van der Waals surface area contributed by atoms with Gasteiger partial charge in [0.25, 0.3) is 11.5 Å². The van der Waals surface area contributed by atoms with Crippen LogP contribution in [0, 0.1) is 11.3 Å². The van der Waals surface area contributed by atoms with Crippen LogP contribution in [0.15, 0.2) is 108 Å². The Hall–Kier alpha value is -4.52. The molecule has 0 spiro atoms. The second-order valence-electron chi connectivity index (χ2n) is 10.4. The van der Waals surface area contributed by atoms with E-state index in [9.17, 15) is 14.9 Å². The Morgan fingerprint density at radius 1 is 0.867 bits per heavy atom. The molecule has 0 saturated carbocycles. The molecule has 0 radical (unpaired) electrons. The standard InChI is InChI=1S/C35H27Cl2N5O2S/c36-29-15-14-27(22-30(29)37)42-34(44)31(21-26-13-7-8-16-39-26)45-35(42)28(23-38)33(43)41-19-17-40(18-20-41)32(24-9-3-1-4-10-24)25-11-5-2-6-12-25/h1-16,21-22,32H,17-20H2/b31-21-,35-28-. The van der Waals surface area contributed by atoms with Crippen molar-refractivity contribution in [2.45, 2.75) is 6.04 Å². The summed E-state index contributed by atoms with van der Waals surface area (Å²) >= 11 is 13.6. The number of hydrogen-bond acceptors (Lipinski definition) is 6. The number of carbonyl (C=O) groups excluding carboxylic acids is 1. The van der Waals surface area contributed by atoms with Gasteiger partial charge >= 0.3 is 0 Å². The van der Waals surface area contributed by atoms with Crippen LogP contribution in [0.4, 0.5) is 0 Å². The molecule has 224 valence electrons. The van der Waals surface area contributed by atoms with E-state index in [0.29, 0.717) is 47.1 Å². The van der Waals surface area contributed by atoms with E-state index >= 15 is 0 Å². The number of pyridine rings is 1. The average Bonchev–Trinajstić information content (AvgIpc) is 3.39. The highest BCUT2D eigenvalue weighted by Crippen LogP contribution is 2.30. The number of carbonyl (C=O) groups is 1. The number of rotatable bonds is 6. The second-order valence-corrected chi connectivity index (χ2v) is 12.3. The number of nitrogens with zero attached hydrogens (tertiary/aromatic N) is 5. The van der Waals surface area contributed by atoms with E-state index in [1.54, 1.807) is 47.5 Å². The Morgan fingerprint density at radius 2 is 1.51 bits per heavy atom. The lowest BCUT2D eigenvalue weighted by molar-refractivity contribution is -0.126. The molecule has 45 heavy (non-hydrogen) atoms. The number of hydrogen-bond donors (Lipinski definition) is 0. The van der Waals surface area contributed by atoms with Crippen molar-refractivity contribution in [2.24, 2.45) is 0 Å². The number of piperazine rings is 1. The number of aromatic nitrogens is 2. The first-order valence-corrected chi connectivity index (χ1v) is 15.9. The van der Waals surface area contributed by atoms with Gasteiger partial charge in [0.1, 0.15) is 10.7 Å². The van der Waals surface area contributed by atoms with E-state index in [1.165, 1.54) is 15.7 Å². The van der Waals surface area contributed by atoms with Crippen LogP contribution in [-0.4, -0.2) is 51.4 Å². The SMILES string of the molecule is N#C/C(C(=O)N1CCN(C(c2ccccc2)c2ccccc2)CC1)=c1/s/c(=C\c2ccccn2)c(=O)n1-c1ccc(Cl)c(Cl)c1. The molecule has 2 aromatic heterocycles. The molecule has 3 aromatic carbocycles. The monoisotopic (exact) mass is 651 g/mol. The summed E-state index contributed by atoms with van der Waals surface area (Å²) in [6.45, 7) is 2.08. The quantitative estimate of drug-likeness (QED) is 0.257. The number of thiazole rings is 1. The molecule has 5 aromatic rings. The summed E-state index contributed by atoms with van der Waals surface area (Å²) in [5, 5.41) is 10.9. The van der Waals surface area contributed by atoms with Crippen LogP contribution < -0.4 is 14.8 Å². The molecule has 1 fully saturated rings. The minimum Gasteiger partial charge on any atom is -0.335 e. The molecule has 6 rings (SSSR count). The Kier molecular flexibility index (Phi) is 9.24. The highest BCUT2D eigenvalue weighted by molar-refractivity contribution is 7.07. The van der Waals surface area contributed by atoms with Gasteiger partial charge < -0.3 is 4.90 Å². The molecule has 0 unspecified atom stereocenters. The summed E-state index contributed by atoms with van der Waals surface area (Å²) < 4.78 is 1.91. The molecule has 1 amide bonds. The van der Waals surface area contributed by atoms with Crippen molar-refractivity contribution in [1.82, 2.24) is 19.4 Å². The molecular weight excluding hydrogens is 625 g/mol. The molecule has 10 heteroatoms. The maximum Gasteiger partial charge on any atom is 0.273 e. The number of nitriles is 1. The van der Waals surface area contributed by atoms with Gasteiger partial charge in [-0.2, -0.15) is 5.26 Å². The van der Waals surface area contributed by atoms with Crippen LogP contribution in [0.1, 0.15) is 22.9 Å². The summed E-state index contributed by atoms with van der Waals surface area (Å²) in [6, 6.07) is 32.9. The molecule has 3 heterocycles. The third-order valence-corrected chi connectivity index (χ3v) is 9.52. The topological polar surface area (TPSA) is 82.2 Å². The molecular formula is C35H27Cl2N5O2S. The van der Waals surface area contributed by atoms with E-state index in [1.807, 2.05) is 42.5 Å². The van der Waals surface area contributed by atoms with Gasteiger partial charge in [0.2, 0.25) is 0 Å². The Labute approximate surface area is 274 Å². The van der Waals surface area contributed by atoms with Gasteiger partial charge in [-0.3, -0.25) is 24.0 Å². The average molecular weight is 653 g/mol. The summed E-state index contributed by atoms with van der Waals surface area (Å²) in [5.74, 6) is -0.424. The van der Waals surface area contributed by atoms with E-state index < -0.39 is 11.5 Å². The predicted molar refractivity (Wildman–Crippen MR) is 179 cm³/mol. The maximum atomic E-state index is 14.0. The van der Waals surface area contributed by atoms with Gasteiger partial charge in [-0.05, 0) is 47.5 Å². The first kappa shape index (κ1) is 30.5. The van der Waals surface area contributed by atoms with E-state index in [2.05, 4.69) is 40.2 Å². The Balaban J connectivity index is 1.37. The predicted octanol–water partition coefficient (Wildman–Crippen LogP) is 5.04. The molecule has 0 atom stereocenters. The van der Waals surface area contributed by atoms with Gasteiger partial charge in [-0.25, -0.2) is 0 Å². The molecule has 1 aliphatic heterocycles. The Bertz CT molecular complexity index is 2010.